The number of hydrogen-bond acceptors (Lipinski definition) is 7. The van der Waals surface area contributed by atoms with Crippen LogP contribution >= 0.6 is 0 Å². The van der Waals surface area contributed by atoms with Crippen molar-refractivity contribution >= 4 is 16.9 Å². The highest BCUT2D eigenvalue weighted by molar-refractivity contribution is 5.86. The van der Waals surface area contributed by atoms with Gasteiger partial charge in [-0.15, -0.1) is 5.10 Å². The highest BCUT2D eigenvalue weighted by Gasteiger charge is 2.30. The summed E-state index contributed by atoms with van der Waals surface area (Å²) in [6.45, 7) is 6.08. The van der Waals surface area contributed by atoms with Crippen molar-refractivity contribution in [1.29, 1.82) is 0 Å². The summed E-state index contributed by atoms with van der Waals surface area (Å²) in [5, 5.41) is 14.3. The van der Waals surface area contributed by atoms with Crippen molar-refractivity contribution < 1.29 is 0 Å². The number of aromatic nitrogens is 8. The minimum absolute atomic E-state index is 0.106. The molecule has 5 heterocycles. The van der Waals surface area contributed by atoms with Crippen LogP contribution in [0.3, 0.4) is 0 Å². The van der Waals surface area contributed by atoms with Gasteiger partial charge in [0.25, 0.3) is 5.56 Å². The first-order valence-corrected chi connectivity index (χ1v) is 9.49. The molecule has 1 fully saturated rings. The first-order chi connectivity index (χ1) is 14.0. The molecular formula is C19H21N9O. The van der Waals surface area contributed by atoms with Crippen LogP contribution in [0.4, 0.5) is 5.82 Å². The van der Waals surface area contributed by atoms with Gasteiger partial charge in [-0.25, -0.2) is 19.3 Å². The molecule has 0 saturated carbocycles. The standard InChI is InChI=1S/C19H21N9O/c1-12-6-13(2)28(22-12)16-4-5-17(29)27(23-16)9-14-7-26(8-14)19-15-10-25(3)24-18(15)20-11-21-19/h4-6,10-11,14H,7-9H2,1-3H3. The molecular weight excluding hydrogens is 370 g/mol. The SMILES string of the molecule is Cc1cc(C)n(-c2ccc(=O)n(CC3CN(c4ncnc5nn(C)cc45)C3)n2)n1. The van der Waals surface area contributed by atoms with Gasteiger partial charge in [0.05, 0.1) is 17.6 Å². The zero-order valence-electron chi connectivity index (χ0n) is 16.5. The molecule has 0 bridgehead atoms. The molecule has 0 N–H and O–H groups in total. The summed E-state index contributed by atoms with van der Waals surface area (Å²) >= 11 is 0. The first kappa shape index (κ1) is 17.5. The Balaban J connectivity index is 1.34. The van der Waals surface area contributed by atoms with Crippen LogP contribution in [0.5, 0.6) is 0 Å². The van der Waals surface area contributed by atoms with Crippen molar-refractivity contribution in [2.75, 3.05) is 18.0 Å². The van der Waals surface area contributed by atoms with Crippen molar-refractivity contribution in [3.8, 4) is 5.82 Å². The molecule has 10 heteroatoms. The highest BCUT2D eigenvalue weighted by atomic mass is 16.1. The van der Waals surface area contributed by atoms with Gasteiger partial charge in [-0.05, 0) is 26.0 Å². The zero-order valence-corrected chi connectivity index (χ0v) is 16.5. The second-order valence-electron chi connectivity index (χ2n) is 7.56. The van der Waals surface area contributed by atoms with E-state index in [-0.39, 0.29) is 5.56 Å². The Labute approximate surface area is 166 Å². The van der Waals surface area contributed by atoms with E-state index in [9.17, 15) is 4.79 Å². The number of hydrogen-bond donors (Lipinski definition) is 0. The fourth-order valence-corrected chi connectivity index (χ4v) is 3.84. The molecule has 4 aromatic heterocycles. The molecule has 0 radical (unpaired) electrons. The Bertz CT molecular complexity index is 1260. The van der Waals surface area contributed by atoms with E-state index in [0.717, 1.165) is 35.7 Å². The number of rotatable bonds is 4. The highest BCUT2D eigenvalue weighted by Crippen LogP contribution is 2.28. The maximum absolute atomic E-state index is 12.3. The zero-order chi connectivity index (χ0) is 20.1. The molecule has 29 heavy (non-hydrogen) atoms. The number of nitrogens with zero attached hydrogens (tertiary/aromatic N) is 9. The molecule has 1 aliphatic heterocycles. The molecule has 0 amide bonds. The maximum Gasteiger partial charge on any atom is 0.266 e. The maximum atomic E-state index is 12.3. The van der Waals surface area contributed by atoms with E-state index in [1.807, 2.05) is 33.2 Å². The second kappa shape index (κ2) is 6.50. The largest absolute Gasteiger partial charge is 0.355 e. The normalized spacial score (nSPS) is 14.5. The Morgan fingerprint density at radius 3 is 2.69 bits per heavy atom. The third kappa shape index (κ3) is 3.06. The van der Waals surface area contributed by atoms with Gasteiger partial charge in [-0.2, -0.15) is 10.2 Å². The monoisotopic (exact) mass is 391 g/mol. The van der Waals surface area contributed by atoms with Gasteiger partial charge < -0.3 is 4.90 Å². The molecule has 0 unspecified atom stereocenters. The topological polar surface area (TPSA) is 99.6 Å². The summed E-state index contributed by atoms with van der Waals surface area (Å²) in [5.74, 6) is 1.85. The van der Waals surface area contributed by atoms with Gasteiger partial charge in [0, 0.05) is 44.0 Å². The van der Waals surface area contributed by atoms with E-state index in [1.54, 1.807) is 27.8 Å². The summed E-state index contributed by atoms with van der Waals surface area (Å²) in [4.78, 5) is 23.2. The van der Waals surface area contributed by atoms with Gasteiger partial charge in [-0.3, -0.25) is 9.48 Å². The number of aryl methyl sites for hydroxylation is 3. The van der Waals surface area contributed by atoms with Crippen LogP contribution < -0.4 is 10.5 Å². The summed E-state index contributed by atoms with van der Waals surface area (Å²) < 4.78 is 5.04. The van der Waals surface area contributed by atoms with Crippen molar-refractivity contribution in [1.82, 2.24) is 39.3 Å². The second-order valence-corrected chi connectivity index (χ2v) is 7.56. The van der Waals surface area contributed by atoms with E-state index in [1.165, 1.54) is 4.68 Å². The lowest BCUT2D eigenvalue weighted by Gasteiger charge is -2.40. The number of fused-ring (bicyclic) bond motifs is 1. The van der Waals surface area contributed by atoms with E-state index in [0.29, 0.717) is 23.9 Å². The van der Waals surface area contributed by atoms with Crippen LogP contribution in [0.1, 0.15) is 11.4 Å². The van der Waals surface area contributed by atoms with E-state index >= 15 is 0 Å². The molecule has 0 atom stereocenters. The first-order valence-electron chi connectivity index (χ1n) is 9.49. The Hall–Kier alpha value is -3.56. The van der Waals surface area contributed by atoms with Gasteiger partial charge in [0.15, 0.2) is 11.5 Å². The predicted octanol–water partition coefficient (Wildman–Crippen LogP) is 0.859. The average Bonchev–Trinajstić information content (AvgIpc) is 3.19. The summed E-state index contributed by atoms with van der Waals surface area (Å²) in [6.07, 6.45) is 3.48. The lowest BCUT2D eigenvalue weighted by Crippen LogP contribution is -2.50. The van der Waals surface area contributed by atoms with E-state index < -0.39 is 0 Å². The minimum atomic E-state index is -0.106. The van der Waals surface area contributed by atoms with Crippen LogP contribution in [0.2, 0.25) is 0 Å². The van der Waals surface area contributed by atoms with E-state index in [2.05, 4.69) is 30.2 Å². The summed E-state index contributed by atoms with van der Waals surface area (Å²) in [5.41, 5.74) is 2.49. The van der Waals surface area contributed by atoms with Crippen molar-refractivity contribution in [2.45, 2.75) is 20.4 Å². The van der Waals surface area contributed by atoms with Crippen LogP contribution in [-0.2, 0) is 13.6 Å². The van der Waals surface area contributed by atoms with E-state index in [4.69, 9.17) is 0 Å². The van der Waals surface area contributed by atoms with Crippen LogP contribution in [0.15, 0.2) is 35.5 Å². The van der Waals surface area contributed by atoms with Gasteiger partial charge in [0.1, 0.15) is 12.1 Å². The smallest absolute Gasteiger partial charge is 0.266 e. The van der Waals surface area contributed by atoms with Gasteiger partial charge in [-0.1, -0.05) is 0 Å². The van der Waals surface area contributed by atoms with Gasteiger partial charge >= 0.3 is 0 Å². The van der Waals surface area contributed by atoms with Crippen LogP contribution in [0.25, 0.3) is 16.9 Å². The average molecular weight is 391 g/mol. The van der Waals surface area contributed by atoms with Crippen LogP contribution in [-0.4, -0.2) is 52.4 Å². The minimum Gasteiger partial charge on any atom is -0.355 e. The predicted molar refractivity (Wildman–Crippen MR) is 107 cm³/mol. The molecule has 5 rings (SSSR count). The third-order valence-electron chi connectivity index (χ3n) is 5.18. The molecule has 1 aliphatic rings. The Morgan fingerprint density at radius 1 is 1.10 bits per heavy atom. The molecule has 0 spiro atoms. The summed E-state index contributed by atoms with van der Waals surface area (Å²) in [7, 11) is 1.87. The molecule has 4 aromatic rings. The van der Waals surface area contributed by atoms with Crippen molar-refractivity contribution in [2.24, 2.45) is 13.0 Å². The fourth-order valence-electron chi connectivity index (χ4n) is 3.84. The third-order valence-corrected chi connectivity index (χ3v) is 5.18. The van der Waals surface area contributed by atoms with Crippen molar-refractivity contribution in [3.05, 3.63) is 52.5 Å². The molecule has 10 nitrogen and oxygen atoms in total. The molecule has 0 aromatic carbocycles. The number of anilines is 1. The quantitative estimate of drug-likeness (QED) is 0.509. The lowest BCUT2D eigenvalue weighted by molar-refractivity contribution is 0.332. The lowest BCUT2D eigenvalue weighted by atomic mass is 10.00. The molecule has 148 valence electrons. The van der Waals surface area contributed by atoms with Crippen LogP contribution in [0, 0.1) is 19.8 Å². The Morgan fingerprint density at radius 2 is 1.93 bits per heavy atom. The molecule has 0 aliphatic carbocycles. The van der Waals surface area contributed by atoms with Gasteiger partial charge in [0.2, 0.25) is 0 Å². The Kier molecular flexibility index (Phi) is 3.93. The fraction of sp³-hybridized carbons (Fsp3) is 0.368. The summed E-state index contributed by atoms with van der Waals surface area (Å²) in [6, 6.07) is 5.26. The molecule has 1 saturated heterocycles. The van der Waals surface area contributed by atoms with Crippen molar-refractivity contribution in [3.63, 3.8) is 0 Å².